The van der Waals surface area contributed by atoms with Crippen LogP contribution in [0.2, 0.25) is 0 Å². The molecule has 0 bridgehead atoms. The molecule has 2 heterocycles. The summed E-state index contributed by atoms with van der Waals surface area (Å²) in [6.45, 7) is 13.5. The monoisotopic (exact) mass is 538 g/mol. The van der Waals surface area contributed by atoms with Crippen LogP contribution in [0.4, 0.5) is 0 Å². The van der Waals surface area contributed by atoms with E-state index in [9.17, 15) is 9.90 Å². The van der Waals surface area contributed by atoms with E-state index in [0.29, 0.717) is 19.5 Å². The van der Waals surface area contributed by atoms with Crippen molar-refractivity contribution >= 4 is 5.91 Å². The maximum absolute atomic E-state index is 12.7. The Balaban J connectivity index is 1.29. The molecule has 40 heavy (non-hydrogen) atoms. The van der Waals surface area contributed by atoms with Crippen LogP contribution in [-0.4, -0.2) is 32.6 Å². The Bertz CT molecular complexity index is 1430. The molecular weight excluding hydrogens is 496 g/mol. The number of hydrogen-bond donors (Lipinski definition) is 3. The van der Waals surface area contributed by atoms with Gasteiger partial charge in [0.1, 0.15) is 5.82 Å². The lowest BCUT2D eigenvalue weighted by Gasteiger charge is -2.28. The van der Waals surface area contributed by atoms with Gasteiger partial charge in [-0.2, -0.15) is 0 Å². The molecule has 1 atom stereocenters. The minimum atomic E-state index is -0.667. The zero-order valence-electron chi connectivity index (χ0n) is 24.6. The highest BCUT2D eigenvalue weighted by molar-refractivity contribution is 5.78. The third kappa shape index (κ3) is 7.46. The van der Waals surface area contributed by atoms with Crippen LogP contribution in [0, 0.1) is 27.7 Å². The van der Waals surface area contributed by atoms with Gasteiger partial charge in [-0.05, 0) is 94.0 Å². The third-order valence-electron chi connectivity index (χ3n) is 7.62. The highest BCUT2D eigenvalue weighted by Gasteiger charge is 2.20. The van der Waals surface area contributed by atoms with E-state index >= 15 is 0 Å². The molecule has 6 nitrogen and oxygen atoms in total. The first-order valence-electron chi connectivity index (χ1n) is 14.0. The van der Waals surface area contributed by atoms with Gasteiger partial charge in [0, 0.05) is 41.8 Å². The van der Waals surface area contributed by atoms with E-state index in [4.69, 9.17) is 0 Å². The summed E-state index contributed by atoms with van der Waals surface area (Å²) < 4.78 is 2.10. The topological polar surface area (TPSA) is 79.2 Å². The minimum absolute atomic E-state index is 0.0142. The van der Waals surface area contributed by atoms with Gasteiger partial charge in [0.2, 0.25) is 5.91 Å². The molecule has 0 aliphatic rings. The van der Waals surface area contributed by atoms with Crippen molar-refractivity contribution in [1.29, 1.82) is 0 Å². The summed E-state index contributed by atoms with van der Waals surface area (Å²) in [7, 11) is 0. The molecule has 0 saturated heterocycles. The van der Waals surface area contributed by atoms with Gasteiger partial charge >= 0.3 is 0 Å². The van der Waals surface area contributed by atoms with Crippen molar-refractivity contribution in [3.8, 4) is 5.82 Å². The Labute approximate surface area is 238 Å². The lowest BCUT2D eigenvalue weighted by molar-refractivity contribution is -0.120. The number of rotatable bonds is 11. The second-order valence-electron chi connectivity index (χ2n) is 11.5. The van der Waals surface area contributed by atoms with Gasteiger partial charge in [-0.15, -0.1) is 0 Å². The van der Waals surface area contributed by atoms with Crippen molar-refractivity contribution in [2.75, 3.05) is 6.54 Å². The summed E-state index contributed by atoms with van der Waals surface area (Å²) in [5.41, 5.74) is 8.53. The second-order valence-corrected chi connectivity index (χ2v) is 11.5. The van der Waals surface area contributed by atoms with Crippen molar-refractivity contribution in [1.82, 2.24) is 20.2 Å². The molecule has 210 valence electrons. The van der Waals surface area contributed by atoms with Crippen LogP contribution in [0.15, 0.2) is 72.9 Å². The number of carbonyl (C=O) groups excluding carboxylic acids is 1. The SMILES string of the molecule is Cc1cccc(CNC(=O)Cc2cccc(CC(C)(C)NC[C@H](O)c3ccc(-n4c(C)ccc4C)nc3)c2)c1C. The van der Waals surface area contributed by atoms with Crippen LogP contribution in [-0.2, 0) is 24.2 Å². The van der Waals surface area contributed by atoms with Crippen LogP contribution < -0.4 is 10.6 Å². The molecule has 2 aromatic carbocycles. The number of carbonyl (C=O) groups is 1. The molecular formula is C34H42N4O2. The maximum Gasteiger partial charge on any atom is 0.224 e. The average molecular weight is 539 g/mol. The third-order valence-corrected chi connectivity index (χ3v) is 7.62. The predicted molar refractivity (Wildman–Crippen MR) is 162 cm³/mol. The van der Waals surface area contributed by atoms with Crippen molar-refractivity contribution in [2.24, 2.45) is 0 Å². The number of aliphatic hydroxyl groups excluding tert-OH is 1. The molecule has 2 aromatic heterocycles. The molecule has 0 aliphatic heterocycles. The zero-order valence-corrected chi connectivity index (χ0v) is 24.6. The van der Waals surface area contributed by atoms with E-state index < -0.39 is 6.10 Å². The standard InChI is InChI=1S/C34H42N4O2/c1-23-9-7-12-29(26(23)4)20-36-33(40)18-27-10-8-11-28(17-27)19-34(5,6)37-22-31(39)30-15-16-32(35-21-30)38-24(2)13-14-25(38)3/h7-17,21,31,37,39H,18-20,22H2,1-6H3,(H,36,40)/t31-/m0/s1. The number of aliphatic hydroxyl groups is 1. The first kappa shape index (κ1) is 29.2. The van der Waals surface area contributed by atoms with Gasteiger partial charge in [-0.1, -0.05) is 48.5 Å². The molecule has 0 radical (unpaired) electrons. The normalized spacial score (nSPS) is 12.4. The Morgan fingerprint density at radius 2 is 1.65 bits per heavy atom. The summed E-state index contributed by atoms with van der Waals surface area (Å²) in [5.74, 6) is 0.864. The zero-order chi connectivity index (χ0) is 28.9. The highest BCUT2D eigenvalue weighted by atomic mass is 16.3. The van der Waals surface area contributed by atoms with E-state index in [1.807, 2.05) is 30.3 Å². The van der Waals surface area contributed by atoms with Crippen LogP contribution in [0.5, 0.6) is 0 Å². The van der Waals surface area contributed by atoms with Crippen LogP contribution >= 0.6 is 0 Å². The fraction of sp³-hybridized carbons (Fsp3) is 0.353. The average Bonchev–Trinajstić information content (AvgIpc) is 3.25. The first-order valence-corrected chi connectivity index (χ1v) is 14.0. The number of nitrogens with zero attached hydrogens (tertiary/aromatic N) is 2. The Morgan fingerprint density at radius 1 is 0.950 bits per heavy atom. The maximum atomic E-state index is 12.7. The molecule has 0 spiro atoms. The summed E-state index contributed by atoms with van der Waals surface area (Å²) in [6.07, 6.45) is 2.19. The molecule has 6 heteroatoms. The summed E-state index contributed by atoms with van der Waals surface area (Å²) in [6, 6.07) is 22.4. The minimum Gasteiger partial charge on any atom is -0.387 e. The van der Waals surface area contributed by atoms with Crippen LogP contribution in [0.3, 0.4) is 0 Å². The van der Waals surface area contributed by atoms with E-state index in [0.717, 1.165) is 45.9 Å². The number of aryl methyl sites for hydroxylation is 3. The highest BCUT2D eigenvalue weighted by Crippen LogP contribution is 2.20. The summed E-state index contributed by atoms with van der Waals surface area (Å²) in [4.78, 5) is 17.2. The van der Waals surface area contributed by atoms with Gasteiger partial charge in [0.25, 0.3) is 0 Å². The Kier molecular flexibility index (Phi) is 9.23. The number of nitrogens with one attached hydrogen (secondary N) is 2. The van der Waals surface area contributed by atoms with E-state index in [1.54, 1.807) is 6.20 Å². The van der Waals surface area contributed by atoms with Gasteiger partial charge in [0.15, 0.2) is 0 Å². The fourth-order valence-electron chi connectivity index (χ4n) is 5.11. The fourth-order valence-corrected chi connectivity index (χ4v) is 5.11. The van der Waals surface area contributed by atoms with Gasteiger partial charge in [-0.25, -0.2) is 4.98 Å². The van der Waals surface area contributed by atoms with Crippen molar-refractivity contribution < 1.29 is 9.90 Å². The van der Waals surface area contributed by atoms with E-state index in [1.165, 1.54) is 11.1 Å². The predicted octanol–water partition coefficient (Wildman–Crippen LogP) is 5.61. The molecule has 0 unspecified atom stereocenters. The lowest BCUT2D eigenvalue weighted by Crippen LogP contribution is -2.43. The second kappa shape index (κ2) is 12.6. The molecule has 4 aromatic rings. The van der Waals surface area contributed by atoms with Crippen molar-refractivity contribution in [3.63, 3.8) is 0 Å². The Morgan fingerprint density at radius 3 is 2.35 bits per heavy atom. The molecule has 0 fully saturated rings. The molecule has 3 N–H and O–H groups in total. The van der Waals surface area contributed by atoms with Crippen molar-refractivity contribution in [3.05, 3.63) is 118 Å². The number of amides is 1. The van der Waals surface area contributed by atoms with E-state index in [-0.39, 0.29) is 11.4 Å². The Hall–Kier alpha value is -3.74. The van der Waals surface area contributed by atoms with Crippen molar-refractivity contribution in [2.45, 2.75) is 72.6 Å². The smallest absolute Gasteiger partial charge is 0.224 e. The largest absolute Gasteiger partial charge is 0.387 e. The number of aromatic nitrogens is 2. The molecule has 1 amide bonds. The quantitative estimate of drug-likeness (QED) is 0.232. The molecule has 4 rings (SSSR count). The number of benzene rings is 2. The van der Waals surface area contributed by atoms with Gasteiger partial charge < -0.3 is 20.3 Å². The first-order chi connectivity index (χ1) is 19.0. The van der Waals surface area contributed by atoms with Crippen LogP contribution in [0.1, 0.15) is 64.7 Å². The molecule has 0 saturated carbocycles. The van der Waals surface area contributed by atoms with E-state index in [2.05, 4.69) is 98.1 Å². The van der Waals surface area contributed by atoms with Crippen LogP contribution in [0.25, 0.3) is 5.82 Å². The lowest BCUT2D eigenvalue weighted by atomic mass is 9.93. The van der Waals surface area contributed by atoms with Gasteiger partial charge in [0.05, 0.1) is 12.5 Å². The van der Waals surface area contributed by atoms with Gasteiger partial charge in [-0.3, -0.25) is 4.79 Å². The number of hydrogen-bond acceptors (Lipinski definition) is 4. The number of β-amino-alcohol motifs (C(OH)–C–C–N with tert-alkyl or cyclic N) is 1. The summed E-state index contributed by atoms with van der Waals surface area (Å²) in [5, 5.41) is 17.4. The summed E-state index contributed by atoms with van der Waals surface area (Å²) >= 11 is 0. The molecule has 0 aliphatic carbocycles. The number of pyridine rings is 1.